The zero-order valence-corrected chi connectivity index (χ0v) is 33.2. The van der Waals surface area contributed by atoms with E-state index in [1.165, 1.54) is 24.3 Å². The number of benzene rings is 3. The molecule has 10 rings (SSSR count). The number of rotatable bonds is 12. The second-order valence-electron chi connectivity index (χ2n) is 17.1. The van der Waals surface area contributed by atoms with Gasteiger partial charge in [-0.05, 0) is 61.3 Å². The van der Waals surface area contributed by atoms with E-state index in [1.807, 2.05) is 6.20 Å². The number of methoxy groups -OCH3 is 1. The molecule has 5 aliphatic rings. The topological polar surface area (TPSA) is 104 Å². The summed E-state index contributed by atoms with van der Waals surface area (Å²) in [5.41, 5.74) is 0.732. The molecule has 2 atom stereocenters. The fraction of sp³-hybridized carbons (Fsp3) is 0.523. The highest BCUT2D eigenvalue weighted by molar-refractivity contribution is 6.18. The molecule has 4 saturated heterocycles. The van der Waals surface area contributed by atoms with E-state index < -0.39 is 11.6 Å². The number of aromatic nitrogens is 4. The summed E-state index contributed by atoms with van der Waals surface area (Å²) in [6.45, 7) is 10.4. The third kappa shape index (κ3) is 6.61. The minimum Gasteiger partial charge on any atom is -0.508 e. The summed E-state index contributed by atoms with van der Waals surface area (Å²) in [6, 6.07) is 6.77. The molecule has 0 radical (unpaired) electrons. The van der Waals surface area contributed by atoms with Crippen LogP contribution in [-0.4, -0.2) is 144 Å². The van der Waals surface area contributed by atoms with Crippen molar-refractivity contribution < 1.29 is 28.1 Å². The number of phenolic OH excluding ortho intramolecular Hbond substituents is 1. The number of nitrogens with zero attached hydrogens (tertiary/aromatic N) is 8. The molecular weight excluding hydrogens is 743 g/mol. The van der Waals surface area contributed by atoms with Gasteiger partial charge in [-0.1, -0.05) is 12.0 Å². The summed E-state index contributed by atoms with van der Waals surface area (Å²) in [5, 5.41) is 17.8. The summed E-state index contributed by atoms with van der Waals surface area (Å²) in [6.07, 6.45) is 12.8. The number of ether oxygens (including phenoxy) is 3. The predicted octanol–water partition coefficient (Wildman–Crippen LogP) is 5.17. The Morgan fingerprint density at radius 2 is 1.74 bits per heavy atom. The van der Waals surface area contributed by atoms with Crippen molar-refractivity contribution in [2.75, 3.05) is 90.8 Å². The maximum atomic E-state index is 17.9. The predicted molar refractivity (Wildman–Crippen MR) is 218 cm³/mol. The van der Waals surface area contributed by atoms with E-state index in [0.29, 0.717) is 52.1 Å². The third-order valence-electron chi connectivity index (χ3n) is 13.2. The zero-order chi connectivity index (χ0) is 39.7. The first-order valence-electron chi connectivity index (χ1n) is 20.7. The molecule has 1 saturated carbocycles. The molecule has 3 aromatic carbocycles. The number of fused-ring (bicyclic) bond motifs is 6. The molecule has 1 aliphatic carbocycles. The lowest BCUT2D eigenvalue weighted by Crippen LogP contribution is -2.62. The smallest absolute Gasteiger partial charge is 0.319 e. The Balaban J connectivity index is 1.07. The standard InChI is InChI=1S/C44H50F2N8O4/c1-4-32-35(45)9-6-27-18-31(55)19-33(36(27)32)37-39(46)41-38(34-24-50(2)49-40(34)37)42(54-28-7-8-29(54)21-51(20-28)12-5-15-56-3)48-43(47-41)58-26-44(10-11-44)25-52-22-30(23-52)53-13-16-57-17-14-53/h1,6,9,18-19,24,28-30,55H,5,7-8,10-17,20-23,25-26H2,2-3H3. The molecule has 5 fully saturated rings. The summed E-state index contributed by atoms with van der Waals surface area (Å²) < 4.78 is 52.3. The number of anilines is 1. The van der Waals surface area contributed by atoms with Gasteiger partial charge in [0.25, 0.3) is 0 Å². The summed E-state index contributed by atoms with van der Waals surface area (Å²) in [5.74, 6) is 1.74. The molecule has 0 amide bonds. The number of hydrogen-bond acceptors (Lipinski definition) is 11. The van der Waals surface area contributed by atoms with Gasteiger partial charge in [0.05, 0.1) is 30.8 Å². The molecule has 5 aromatic rings. The van der Waals surface area contributed by atoms with E-state index in [4.69, 9.17) is 35.7 Å². The molecule has 2 unspecified atom stereocenters. The molecular formula is C44H50F2N8O4. The highest BCUT2D eigenvalue weighted by Gasteiger charge is 2.48. The largest absolute Gasteiger partial charge is 0.508 e. The van der Waals surface area contributed by atoms with Crippen LogP contribution in [0, 0.1) is 29.4 Å². The number of phenols is 1. The van der Waals surface area contributed by atoms with E-state index >= 15 is 8.78 Å². The van der Waals surface area contributed by atoms with Crippen LogP contribution in [0.4, 0.5) is 14.6 Å². The Labute approximate surface area is 336 Å². The van der Waals surface area contributed by atoms with Crippen molar-refractivity contribution in [3.8, 4) is 35.2 Å². The Morgan fingerprint density at radius 3 is 2.47 bits per heavy atom. The maximum absolute atomic E-state index is 17.9. The SMILES string of the molecule is C#Cc1c(F)ccc2cc(O)cc(-c3c(F)c4nc(OCC5(CN6CC(N7CCOCC7)C6)CC5)nc(N5C6CCC5CN(CCCOC)C6)c4c4cn(C)nc34)c12. The van der Waals surface area contributed by atoms with Crippen molar-refractivity contribution in [1.82, 2.24) is 34.4 Å². The monoisotopic (exact) mass is 792 g/mol. The van der Waals surface area contributed by atoms with Crippen molar-refractivity contribution in [2.24, 2.45) is 12.5 Å². The zero-order valence-electron chi connectivity index (χ0n) is 33.2. The van der Waals surface area contributed by atoms with Gasteiger partial charge in [0.1, 0.15) is 28.4 Å². The van der Waals surface area contributed by atoms with Crippen molar-refractivity contribution in [3.63, 3.8) is 0 Å². The molecule has 14 heteroatoms. The van der Waals surface area contributed by atoms with Gasteiger partial charge in [0, 0.05) is 119 Å². The number of aromatic hydroxyl groups is 1. The van der Waals surface area contributed by atoms with Gasteiger partial charge >= 0.3 is 6.01 Å². The maximum Gasteiger partial charge on any atom is 0.319 e. The van der Waals surface area contributed by atoms with E-state index in [0.717, 1.165) is 97.7 Å². The van der Waals surface area contributed by atoms with Crippen molar-refractivity contribution in [2.45, 2.75) is 50.2 Å². The number of piperazine rings is 1. The molecule has 1 N–H and O–H groups in total. The van der Waals surface area contributed by atoms with Crippen LogP contribution in [0.15, 0.2) is 30.5 Å². The summed E-state index contributed by atoms with van der Waals surface area (Å²) in [7, 11) is 3.52. The molecule has 58 heavy (non-hydrogen) atoms. The van der Waals surface area contributed by atoms with Crippen molar-refractivity contribution in [3.05, 3.63) is 47.7 Å². The van der Waals surface area contributed by atoms with Crippen LogP contribution < -0.4 is 9.64 Å². The Hall–Kier alpha value is -4.65. The fourth-order valence-electron chi connectivity index (χ4n) is 10.2. The van der Waals surface area contributed by atoms with Gasteiger partial charge in [-0.3, -0.25) is 19.4 Å². The highest BCUT2D eigenvalue weighted by atomic mass is 19.1. The number of likely N-dealkylation sites (tertiary alicyclic amines) is 2. The lowest BCUT2D eigenvalue weighted by atomic mass is 9.91. The van der Waals surface area contributed by atoms with Gasteiger partial charge in [-0.15, -0.1) is 6.42 Å². The van der Waals surface area contributed by atoms with E-state index in [2.05, 4.69) is 25.5 Å². The lowest BCUT2D eigenvalue weighted by molar-refractivity contribution is -0.0391. The Bertz CT molecular complexity index is 2420. The Kier molecular flexibility index (Phi) is 9.64. The van der Waals surface area contributed by atoms with Gasteiger partial charge in [0.15, 0.2) is 5.82 Å². The first-order chi connectivity index (χ1) is 28.2. The molecule has 4 aliphatic heterocycles. The summed E-state index contributed by atoms with van der Waals surface area (Å²) >= 11 is 0. The number of aryl methyl sites for hydroxylation is 1. The van der Waals surface area contributed by atoms with Crippen molar-refractivity contribution in [1.29, 1.82) is 0 Å². The average Bonchev–Trinajstić information content (AvgIpc) is 3.79. The fourth-order valence-corrected chi connectivity index (χ4v) is 10.2. The quantitative estimate of drug-likeness (QED) is 0.134. The van der Waals surface area contributed by atoms with E-state index in [1.54, 1.807) is 18.8 Å². The first kappa shape index (κ1) is 37.6. The number of hydrogen-bond donors (Lipinski definition) is 1. The van der Waals surface area contributed by atoms with Crippen LogP contribution in [0.1, 0.15) is 37.7 Å². The van der Waals surface area contributed by atoms with Crippen LogP contribution in [0.2, 0.25) is 0 Å². The van der Waals surface area contributed by atoms with Crippen LogP contribution >= 0.6 is 0 Å². The number of morpholine rings is 1. The molecule has 2 aromatic heterocycles. The minimum atomic E-state index is -0.657. The second-order valence-corrected chi connectivity index (χ2v) is 17.1. The highest BCUT2D eigenvalue weighted by Crippen LogP contribution is 2.49. The van der Waals surface area contributed by atoms with Crippen LogP contribution in [0.5, 0.6) is 11.8 Å². The Morgan fingerprint density at radius 1 is 0.983 bits per heavy atom. The van der Waals surface area contributed by atoms with Crippen LogP contribution in [0.25, 0.3) is 43.7 Å². The molecule has 0 spiro atoms. The first-order valence-corrected chi connectivity index (χ1v) is 20.7. The number of terminal acetylenes is 1. The lowest BCUT2D eigenvalue weighted by Gasteiger charge is -2.47. The summed E-state index contributed by atoms with van der Waals surface area (Å²) in [4.78, 5) is 20.0. The van der Waals surface area contributed by atoms with Gasteiger partial charge in [-0.25, -0.2) is 8.78 Å². The van der Waals surface area contributed by atoms with Gasteiger partial charge in [-0.2, -0.15) is 15.1 Å². The second kappa shape index (κ2) is 14.9. The molecule has 6 heterocycles. The van der Waals surface area contributed by atoms with Crippen LogP contribution in [0.3, 0.4) is 0 Å². The number of halogens is 2. The van der Waals surface area contributed by atoms with E-state index in [-0.39, 0.29) is 51.5 Å². The minimum absolute atomic E-state index is 0.00545. The molecule has 12 nitrogen and oxygen atoms in total. The average molecular weight is 793 g/mol. The third-order valence-corrected chi connectivity index (χ3v) is 13.2. The van der Waals surface area contributed by atoms with Crippen LogP contribution in [-0.2, 0) is 16.5 Å². The van der Waals surface area contributed by atoms with Gasteiger partial charge in [0.2, 0.25) is 0 Å². The van der Waals surface area contributed by atoms with E-state index in [9.17, 15) is 5.11 Å². The normalized spacial score (nSPS) is 22.6. The molecule has 2 bridgehead atoms. The van der Waals surface area contributed by atoms with Crippen molar-refractivity contribution >= 4 is 38.4 Å². The van der Waals surface area contributed by atoms with Gasteiger partial charge < -0.3 is 24.2 Å². The molecule has 304 valence electrons.